The number of fused-ring (bicyclic) bond motifs is 1. The van der Waals surface area contributed by atoms with Gasteiger partial charge in [0, 0.05) is 22.7 Å². The van der Waals surface area contributed by atoms with E-state index in [1.165, 1.54) is 38.5 Å². The number of rotatable bonds is 0. The Hall–Kier alpha value is -1.30. The third kappa shape index (κ3) is 28.7. The minimum Gasteiger partial charge on any atom is -0.0999 e. The van der Waals surface area contributed by atoms with Crippen molar-refractivity contribution in [3.8, 4) is 0 Å². The summed E-state index contributed by atoms with van der Waals surface area (Å²) in [5.41, 5.74) is 4.62. The first-order valence-electron chi connectivity index (χ1n) is 13.2. The Bertz CT molecular complexity index is 462. The van der Waals surface area contributed by atoms with Crippen molar-refractivity contribution in [2.24, 2.45) is 5.92 Å². The molecule has 0 saturated heterocycles. The lowest BCUT2D eigenvalue weighted by Gasteiger charge is -1.95. The molecule has 4 rings (SSSR count). The average molecular weight is 462 g/mol. The molecule has 0 fully saturated rings. The fourth-order valence-electron chi connectivity index (χ4n) is 2.54. The van der Waals surface area contributed by atoms with E-state index >= 15 is 0 Å². The Balaban J connectivity index is -0.0000000408. The van der Waals surface area contributed by atoms with Crippen LogP contribution in [0.1, 0.15) is 102 Å². The largest absolute Gasteiger partial charge is 0.0999 e. The van der Waals surface area contributed by atoms with E-state index in [1.54, 1.807) is 11.1 Å². The van der Waals surface area contributed by atoms with Crippen molar-refractivity contribution in [1.82, 2.24) is 0 Å². The van der Waals surface area contributed by atoms with Gasteiger partial charge >= 0.3 is 0 Å². The fraction of sp³-hybridized carbons (Fsp3) is 0.600. The molecule has 0 saturated carbocycles. The van der Waals surface area contributed by atoms with Crippen molar-refractivity contribution in [3.05, 3.63) is 71.4 Å². The molecule has 190 valence electrons. The van der Waals surface area contributed by atoms with Gasteiger partial charge in [0.1, 0.15) is 0 Å². The normalized spacial score (nSPS) is 14.1. The molecule has 0 N–H and O–H groups in total. The summed E-state index contributed by atoms with van der Waals surface area (Å²) in [6, 6.07) is 0. The van der Waals surface area contributed by atoms with E-state index in [1.807, 2.05) is 83.1 Å². The van der Waals surface area contributed by atoms with Crippen LogP contribution in [0.25, 0.3) is 0 Å². The molecule has 0 aliphatic heterocycles. The molecule has 4 aliphatic carbocycles. The smallest absolute Gasteiger partial charge is 0.0606 e. The minimum absolute atomic E-state index is 0. The van der Waals surface area contributed by atoms with Gasteiger partial charge in [0.15, 0.2) is 0 Å². The number of allylic oxidation sites excluding steroid dienone is 12. The van der Waals surface area contributed by atoms with Crippen molar-refractivity contribution in [3.63, 3.8) is 0 Å². The maximum absolute atomic E-state index is 4.50. The maximum atomic E-state index is 4.50. The zero-order valence-corrected chi connectivity index (χ0v) is 25.7. The monoisotopic (exact) mass is 462 g/mol. The lowest BCUT2D eigenvalue weighted by molar-refractivity contribution is 1.01. The molecule has 4 heteroatoms. The fourth-order valence-corrected chi connectivity index (χ4v) is 2.54. The summed E-state index contributed by atoms with van der Waals surface area (Å²) in [6.07, 6.45) is 23.5. The summed E-state index contributed by atoms with van der Waals surface area (Å²) in [6.45, 7) is 27.0. The van der Waals surface area contributed by atoms with Crippen LogP contribution in [-0.4, -0.2) is 32.5 Å². The van der Waals surface area contributed by atoms with Crippen molar-refractivity contribution >= 4 is 32.5 Å². The van der Waals surface area contributed by atoms with Gasteiger partial charge in [0.25, 0.3) is 0 Å². The highest BCUT2D eigenvalue weighted by Crippen LogP contribution is 2.29. The van der Waals surface area contributed by atoms with Gasteiger partial charge in [0.2, 0.25) is 0 Å². The highest BCUT2D eigenvalue weighted by molar-refractivity contribution is 6.05. The summed E-state index contributed by atoms with van der Waals surface area (Å²) in [4.78, 5) is 0. The molecule has 0 bridgehead atoms. The number of hydrogen-bond donors (Lipinski definition) is 0. The van der Waals surface area contributed by atoms with Crippen LogP contribution in [0, 0.1) is 5.92 Å². The molecule has 0 aromatic rings. The quantitative estimate of drug-likeness (QED) is 0.248. The Morgan fingerprint density at radius 2 is 0.941 bits per heavy atom. The predicted octanol–water partition coefficient (Wildman–Crippen LogP) is 10.1. The van der Waals surface area contributed by atoms with Gasteiger partial charge in [-0.15, -0.1) is 0 Å². The van der Waals surface area contributed by atoms with E-state index in [4.69, 9.17) is 0 Å². The highest BCUT2D eigenvalue weighted by Gasteiger charge is 2.13. The standard InChI is InChI=1S/2C8H8.6C2H6.2CH3B.2B/c2*1-3-7-5-2-6-8(7)4-1;8*1-2;;/h1-3,5H,4,6H2;1-5,7H,6H2;6*1-2H3;2*1H3;;. The van der Waals surface area contributed by atoms with Gasteiger partial charge in [-0.1, -0.05) is 163 Å². The van der Waals surface area contributed by atoms with Gasteiger partial charge in [0.05, 0.1) is 15.7 Å². The van der Waals surface area contributed by atoms with Crippen molar-refractivity contribution in [2.75, 3.05) is 0 Å². The van der Waals surface area contributed by atoms with Gasteiger partial charge < -0.3 is 0 Å². The SMILES string of the molecule is C1=CC2=C(C1)CC=C2.C1=CC2C=CCC2=C1.CC.CC.CC.CC.CC.CC.[B].[B].[B]C.[B]C. The molecule has 0 amide bonds. The number of hydrogen-bond acceptors (Lipinski definition) is 0. The first-order valence-corrected chi connectivity index (χ1v) is 13.2. The molecule has 1 atom stereocenters. The zero-order chi connectivity index (χ0) is 26.8. The van der Waals surface area contributed by atoms with E-state index in [0.717, 1.165) is 0 Å². The molecule has 0 aromatic heterocycles. The van der Waals surface area contributed by atoms with Gasteiger partial charge in [-0.2, -0.15) is 0 Å². The second kappa shape index (κ2) is 58.0. The topological polar surface area (TPSA) is 0 Å². The van der Waals surface area contributed by atoms with E-state index in [0.29, 0.717) is 5.92 Å². The minimum atomic E-state index is 0. The van der Waals surface area contributed by atoms with Crippen molar-refractivity contribution < 1.29 is 0 Å². The van der Waals surface area contributed by atoms with Crippen LogP contribution in [0.4, 0.5) is 0 Å². The zero-order valence-electron chi connectivity index (χ0n) is 25.7. The first kappa shape index (κ1) is 53.9. The van der Waals surface area contributed by atoms with Crippen LogP contribution in [0.2, 0.25) is 13.6 Å². The predicted molar refractivity (Wildman–Crippen MR) is 172 cm³/mol. The molecule has 0 spiro atoms. The summed E-state index contributed by atoms with van der Waals surface area (Å²) in [7, 11) is 9.00. The van der Waals surface area contributed by atoms with Crippen molar-refractivity contribution in [1.29, 1.82) is 0 Å². The van der Waals surface area contributed by atoms with Crippen LogP contribution in [0.5, 0.6) is 0 Å². The summed E-state index contributed by atoms with van der Waals surface area (Å²) < 4.78 is 0. The Labute approximate surface area is 225 Å². The third-order valence-corrected chi connectivity index (χ3v) is 3.49. The molecular formula is C30H58B4. The maximum Gasteiger partial charge on any atom is 0.0606 e. The highest BCUT2D eigenvalue weighted by atomic mass is 14.2. The average Bonchev–Trinajstić information content (AvgIpc) is 3.73. The van der Waals surface area contributed by atoms with Crippen LogP contribution < -0.4 is 0 Å². The molecule has 0 aromatic carbocycles. The van der Waals surface area contributed by atoms with E-state index in [2.05, 4.69) is 70.4 Å². The summed E-state index contributed by atoms with van der Waals surface area (Å²) in [5, 5.41) is 0. The van der Waals surface area contributed by atoms with Crippen LogP contribution in [0.15, 0.2) is 71.4 Å². The van der Waals surface area contributed by atoms with E-state index in [-0.39, 0.29) is 16.8 Å². The molecular weight excluding hydrogens is 404 g/mol. The van der Waals surface area contributed by atoms with Crippen LogP contribution >= 0.6 is 0 Å². The van der Waals surface area contributed by atoms with Crippen molar-refractivity contribution in [2.45, 2.75) is 116 Å². The first-order chi connectivity index (χ1) is 15.9. The molecule has 4 aliphatic rings. The Kier molecular flexibility index (Phi) is 91.8. The van der Waals surface area contributed by atoms with Crippen LogP contribution in [0.3, 0.4) is 0 Å². The van der Waals surface area contributed by atoms with E-state index < -0.39 is 0 Å². The van der Waals surface area contributed by atoms with Gasteiger partial charge in [-0.05, 0) is 24.8 Å². The third-order valence-electron chi connectivity index (χ3n) is 3.49. The Morgan fingerprint density at radius 3 is 1.26 bits per heavy atom. The molecule has 0 nitrogen and oxygen atoms in total. The second-order valence-corrected chi connectivity index (χ2v) is 4.56. The lowest BCUT2D eigenvalue weighted by Crippen LogP contribution is -1.83. The van der Waals surface area contributed by atoms with Gasteiger partial charge in [-0.3, -0.25) is 0 Å². The lowest BCUT2D eigenvalue weighted by atomic mass is 10.1. The second-order valence-electron chi connectivity index (χ2n) is 4.56. The summed E-state index contributed by atoms with van der Waals surface area (Å²) >= 11 is 0. The van der Waals surface area contributed by atoms with Gasteiger partial charge in [-0.25, -0.2) is 0 Å². The van der Waals surface area contributed by atoms with E-state index in [9.17, 15) is 0 Å². The Morgan fingerprint density at radius 1 is 0.559 bits per heavy atom. The molecule has 0 heterocycles. The molecule has 10 radical (unpaired) electrons. The summed E-state index contributed by atoms with van der Waals surface area (Å²) in [5.74, 6) is 0.676. The van der Waals surface area contributed by atoms with Crippen LogP contribution in [-0.2, 0) is 0 Å². The molecule has 34 heavy (non-hydrogen) atoms. The molecule has 1 unspecified atom stereocenters.